The Kier molecular flexibility index (Phi) is 4.09. The van der Waals surface area contributed by atoms with E-state index >= 15 is 0 Å². The molecule has 23 heavy (non-hydrogen) atoms. The predicted octanol–water partition coefficient (Wildman–Crippen LogP) is 1.70. The molecule has 1 aromatic heterocycles. The second-order valence-corrected chi connectivity index (χ2v) is 6.02. The molecule has 122 valence electrons. The van der Waals surface area contributed by atoms with Gasteiger partial charge in [0, 0.05) is 43.5 Å². The molecule has 0 radical (unpaired) electrons. The molecule has 0 unspecified atom stereocenters. The maximum atomic E-state index is 12.7. The summed E-state index contributed by atoms with van der Waals surface area (Å²) in [4.78, 5) is 25.6. The van der Waals surface area contributed by atoms with Crippen LogP contribution in [0.25, 0.3) is 11.0 Å². The average molecular weight is 316 g/mol. The number of likely N-dealkylation sites (tertiary alicyclic amines) is 1. The van der Waals surface area contributed by atoms with E-state index in [1.54, 1.807) is 24.1 Å². The number of primary amides is 1. The summed E-state index contributed by atoms with van der Waals surface area (Å²) in [6, 6.07) is 7.30. The molecular weight excluding hydrogens is 296 g/mol. The highest BCUT2D eigenvalue weighted by atomic mass is 16.5. The summed E-state index contributed by atoms with van der Waals surface area (Å²) in [5.74, 6) is 0.314. The number of carbonyl (C=O) groups excluding carboxylic acids is 2. The third-order valence-corrected chi connectivity index (χ3v) is 4.32. The molecule has 2 aromatic rings. The van der Waals surface area contributed by atoms with Gasteiger partial charge in [0.2, 0.25) is 5.91 Å². The summed E-state index contributed by atoms with van der Waals surface area (Å²) in [6.07, 6.45) is 0.0637. The van der Waals surface area contributed by atoms with E-state index < -0.39 is 0 Å². The number of carbonyl (C=O) groups is 2. The number of nitrogens with two attached hydrogens (primary N) is 1. The molecule has 0 aliphatic carbocycles. The lowest BCUT2D eigenvalue weighted by Crippen LogP contribution is -2.29. The van der Waals surface area contributed by atoms with Crippen molar-refractivity contribution in [1.82, 2.24) is 4.90 Å². The van der Waals surface area contributed by atoms with Crippen LogP contribution >= 0.6 is 0 Å². The quantitative estimate of drug-likeness (QED) is 0.930. The van der Waals surface area contributed by atoms with E-state index in [0.717, 1.165) is 16.7 Å². The summed E-state index contributed by atoms with van der Waals surface area (Å²) in [6.45, 7) is 2.82. The van der Waals surface area contributed by atoms with E-state index in [2.05, 4.69) is 0 Å². The summed E-state index contributed by atoms with van der Waals surface area (Å²) in [5, 5.41) is 0.907. The molecule has 2 atom stereocenters. The lowest BCUT2D eigenvalue weighted by molar-refractivity contribution is -0.119. The number of methoxy groups -OCH3 is 1. The van der Waals surface area contributed by atoms with Crippen LogP contribution in [-0.2, 0) is 9.53 Å². The van der Waals surface area contributed by atoms with Crippen molar-refractivity contribution in [3.8, 4) is 0 Å². The van der Waals surface area contributed by atoms with Crippen LogP contribution in [0.4, 0.5) is 0 Å². The van der Waals surface area contributed by atoms with Gasteiger partial charge >= 0.3 is 0 Å². The maximum absolute atomic E-state index is 12.7. The fraction of sp³-hybridized carbons (Fsp3) is 0.412. The fourth-order valence-corrected chi connectivity index (χ4v) is 3.22. The Morgan fingerprint density at radius 2 is 2.13 bits per heavy atom. The minimum absolute atomic E-state index is 0.0543. The first-order valence-electron chi connectivity index (χ1n) is 7.58. The second kappa shape index (κ2) is 6.04. The molecule has 0 spiro atoms. The zero-order valence-corrected chi connectivity index (χ0v) is 13.2. The summed E-state index contributed by atoms with van der Waals surface area (Å²) < 4.78 is 10.9. The van der Waals surface area contributed by atoms with Crippen LogP contribution in [0.5, 0.6) is 0 Å². The molecule has 1 aromatic carbocycles. The van der Waals surface area contributed by atoms with Gasteiger partial charge in [-0.2, -0.15) is 0 Å². The molecule has 2 heterocycles. The number of hydrogen-bond donors (Lipinski definition) is 1. The van der Waals surface area contributed by atoms with Gasteiger partial charge in [-0.15, -0.1) is 0 Å². The first-order chi connectivity index (χ1) is 11.0. The molecular formula is C17H20N2O4. The highest BCUT2D eigenvalue weighted by Crippen LogP contribution is 2.26. The lowest BCUT2D eigenvalue weighted by Gasteiger charge is -2.16. The summed E-state index contributed by atoms with van der Waals surface area (Å²) >= 11 is 0. The minimum Gasteiger partial charge on any atom is -0.461 e. The lowest BCUT2D eigenvalue weighted by atomic mass is 10.0. The number of nitrogens with zero attached hydrogens (tertiary/aromatic N) is 1. The minimum atomic E-state index is -0.373. The van der Waals surface area contributed by atoms with E-state index in [4.69, 9.17) is 14.9 Å². The Bertz CT molecular complexity index is 752. The van der Waals surface area contributed by atoms with Gasteiger partial charge in [0.25, 0.3) is 5.91 Å². The normalized spacial score (nSPS) is 21.0. The fourth-order valence-electron chi connectivity index (χ4n) is 3.22. The number of rotatable bonds is 4. The van der Waals surface area contributed by atoms with Gasteiger partial charge in [0.1, 0.15) is 11.3 Å². The van der Waals surface area contributed by atoms with Gasteiger partial charge in [-0.25, -0.2) is 0 Å². The molecule has 1 aliphatic heterocycles. The van der Waals surface area contributed by atoms with E-state index in [1.165, 1.54) is 0 Å². The Hall–Kier alpha value is -2.34. The monoisotopic (exact) mass is 316 g/mol. The largest absolute Gasteiger partial charge is 0.461 e. The van der Waals surface area contributed by atoms with Gasteiger partial charge in [0.05, 0.1) is 6.10 Å². The third-order valence-electron chi connectivity index (χ3n) is 4.32. The SMILES string of the molecule is CO[C@H]1CN(C(=O)c2ccc3oc(C)cc3c2)C[C@@H]1CC(N)=O. The van der Waals surface area contributed by atoms with Crippen LogP contribution in [0.2, 0.25) is 0 Å². The second-order valence-electron chi connectivity index (χ2n) is 6.02. The number of hydrogen-bond acceptors (Lipinski definition) is 4. The summed E-state index contributed by atoms with van der Waals surface area (Å²) in [5.41, 5.74) is 6.65. The molecule has 0 bridgehead atoms. The zero-order valence-electron chi connectivity index (χ0n) is 13.2. The molecule has 1 fully saturated rings. The van der Waals surface area contributed by atoms with Crippen molar-refractivity contribution >= 4 is 22.8 Å². The highest BCUT2D eigenvalue weighted by Gasteiger charge is 2.36. The Labute approximate surface area is 134 Å². The van der Waals surface area contributed by atoms with Gasteiger partial charge in [-0.05, 0) is 31.2 Å². The smallest absolute Gasteiger partial charge is 0.253 e. The van der Waals surface area contributed by atoms with Gasteiger partial charge in [0.15, 0.2) is 0 Å². The predicted molar refractivity (Wildman–Crippen MR) is 85.0 cm³/mol. The molecule has 3 rings (SSSR count). The van der Waals surface area contributed by atoms with Crippen LogP contribution in [0.1, 0.15) is 22.5 Å². The van der Waals surface area contributed by atoms with Crippen molar-refractivity contribution in [3.05, 3.63) is 35.6 Å². The number of amides is 2. The topological polar surface area (TPSA) is 85.8 Å². The maximum Gasteiger partial charge on any atom is 0.253 e. The van der Waals surface area contributed by atoms with Crippen LogP contribution in [0, 0.1) is 12.8 Å². The van der Waals surface area contributed by atoms with Crippen molar-refractivity contribution in [1.29, 1.82) is 0 Å². The Morgan fingerprint density at radius 3 is 2.83 bits per heavy atom. The number of fused-ring (bicyclic) bond motifs is 1. The molecule has 0 saturated carbocycles. The van der Waals surface area contributed by atoms with E-state index in [-0.39, 0.29) is 30.3 Å². The first-order valence-corrected chi connectivity index (χ1v) is 7.58. The van der Waals surface area contributed by atoms with Crippen LogP contribution in [0.3, 0.4) is 0 Å². The molecule has 1 aliphatic rings. The van der Waals surface area contributed by atoms with Crippen molar-refractivity contribution in [2.75, 3.05) is 20.2 Å². The number of ether oxygens (including phenoxy) is 1. The summed E-state index contributed by atoms with van der Waals surface area (Å²) in [7, 11) is 1.59. The standard InChI is InChI=1S/C17H20N2O4/c1-10-5-12-6-11(3-4-14(12)23-10)17(21)19-8-13(7-16(18)20)15(9-19)22-2/h3-6,13,15H,7-9H2,1-2H3,(H2,18,20)/t13-,15-/m0/s1. The van der Waals surface area contributed by atoms with Gasteiger partial charge in [-0.1, -0.05) is 0 Å². The molecule has 6 nitrogen and oxygen atoms in total. The van der Waals surface area contributed by atoms with Crippen LogP contribution < -0.4 is 5.73 Å². The third kappa shape index (κ3) is 3.07. The number of aryl methyl sites for hydroxylation is 1. The van der Waals surface area contributed by atoms with E-state index in [1.807, 2.05) is 19.1 Å². The molecule has 2 N–H and O–H groups in total. The van der Waals surface area contributed by atoms with Gasteiger partial charge in [-0.3, -0.25) is 9.59 Å². The number of benzene rings is 1. The van der Waals surface area contributed by atoms with Crippen molar-refractivity contribution in [2.45, 2.75) is 19.4 Å². The van der Waals surface area contributed by atoms with E-state index in [9.17, 15) is 9.59 Å². The van der Waals surface area contributed by atoms with Gasteiger partial charge < -0.3 is 19.8 Å². The first kappa shape index (κ1) is 15.6. The van der Waals surface area contributed by atoms with Crippen molar-refractivity contribution in [3.63, 3.8) is 0 Å². The van der Waals surface area contributed by atoms with Crippen molar-refractivity contribution in [2.24, 2.45) is 11.7 Å². The van der Waals surface area contributed by atoms with E-state index in [0.29, 0.717) is 18.7 Å². The Balaban J connectivity index is 1.80. The van der Waals surface area contributed by atoms with Crippen LogP contribution in [-0.4, -0.2) is 43.0 Å². The molecule has 2 amide bonds. The molecule has 1 saturated heterocycles. The Morgan fingerprint density at radius 1 is 1.35 bits per heavy atom. The van der Waals surface area contributed by atoms with Crippen molar-refractivity contribution < 1.29 is 18.7 Å². The van der Waals surface area contributed by atoms with Crippen LogP contribution in [0.15, 0.2) is 28.7 Å². The average Bonchev–Trinajstić information content (AvgIpc) is 3.07. The number of furan rings is 1. The zero-order chi connectivity index (χ0) is 16.6. The molecule has 6 heteroatoms. The highest BCUT2D eigenvalue weighted by molar-refractivity contribution is 5.98.